The lowest BCUT2D eigenvalue weighted by atomic mass is 9.84. The SMILES string of the molecule is CC(=O)N[C@@H](Cc1ccccc1)C(=O)N[C@@H](CCCCN)C(=O)N1CCC[C@H]1C(=O)N[C@H](CC1CCCCC1)C(=O)N[C@@H](Cc1c[nH]c2ccccc12)C(=O)N[C@H](CCCN=C(N)N)C(=O)O. The molecule has 1 saturated carbocycles. The third kappa shape index (κ3) is 15.8. The van der Waals surface area contributed by atoms with Gasteiger partial charge in [-0.05, 0) is 81.0 Å². The summed E-state index contributed by atoms with van der Waals surface area (Å²) >= 11 is 0. The number of hydrogen-bond acceptors (Lipinski definition) is 9. The van der Waals surface area contributed by atoms with Gasteiger partial charge in [0.25, 0.3) is 0 Å². The fraction of sp³-hybridized carbons (Fsp3) is 0.542. The van der Waals surface area contributed by atoms with Gasteiger partial charge in [-0.25, -0.2) is 4.79 Å². The van der Waals surface area contributed by atoms with Crippen LogP contribution in [0.4, 0.5) is 0 Å². The monoisotopic (exact) mass is 928 g/mol. The minimum absolute atomic E-state index is 0.00231. The number of aliphatic carboxylic acids is 1. The number of H-pyrrole nitrogens is 1. The molecule has 19 nitrogen and oxygen atoms in total. The molecule has 0 bridgehead atoms. The minimum atomic E-state index is -1.31. The largest absolute Gasteiger partial charge is 0.480 e. The Balaban J connectivity index is 1.36. The summed E-state index contributed by atoms with van der Waals surface area (Å²) in [5.74, 6) is -4.61. The van der Waals surface area contributed by atoms with Crippen LogP contribution in [0.3, 0.4) is 0 Å². The van der Waals surface area contributed by atoms with Crippen molar-refractivity contribution in [3.05, 3.63) is 71.9 Å². The minimum Gasteiger partial charge on any atom is -0.480 e. The molecule has 2 aliphatic rings. The molecule has 6 atom stereocenters. The fourth-order valence-corrected chi connectivity index (χ4v) is 9.12. The molecule has 5 rings (SSSR count). The number of aromatic amines is 1. The summed E-state index contributed by atoms with van der Waals surface area (Å²) in [7, 11) is 0. The maximum absolute atomic E-state index is 14.6. The standard InChI is InChI=1S/C48H69N11O8/c1-30(60)54-38(26-31-14-4-2-5-15-31)42(61)55-36(20-10-11-23-49)46(65)59-25-13-22-41(59)45(64)58-39(27-32-16-6-3-7-17-32)43(62)57-40(28-33-29-53-35-19-9-8-18-34(33)35)44(63)56-37(47(66)67)21-12-24-52-48(50)51/h2,4-5,8-9,14-15,18-19,29,32,36-41,53H,3,6-7,10-13,16-17,20-28,49H2,1H3,(H,54,60)(H,55,61)(H,56,63)(H,57,62)(H,58,64)(H,66,67)(H4,50,51,52)/t36-,37+,38-,39+,40-,41-/m0/s1. The molecule has 0 unspecified atom stereocenters. The second kappa shape index (κ2) is 26.0. The number of unbranched alkanes of at least 4 members (excludes halogenated alkanes) is 1. The predicted octanol–water partition coefficient (Wildman–Crippen LogP) is 1.63. The molecule has 1 aliphatic heterocycles. The molecule has 2 aromatic carbocycles. The van der Waals surface area contributed by atoms with Gasteiger partial charge in [0.15, 0.2) is 5.96 Å². The van der Waals surface area contributed by atoms with Gasteiger partial charge < -0.3 is 58.8 Å². The summed E-state index contributed by atoms with van der Waals surface area (Å²) in [4.78, 5) is 105. The number of carboxylic acids is 1. The normalized spacial score (nSPS) is 17.3. The molecule has 3 aromatic rings. The first-order chi connectivity index (χ1) is 32.2. The topological polar surface area (TPSA) is 309 Å². The molecular weight excluding hydrogens is 859 g/mol. The van der Waals surface area contributed by atoms with E-state index in [2.05, 4.69) is 36.6 Å². The molecule has 19 heteroatoms. The van der Waals surface area contributed by atoms with Crippen molar-refractivity contribution in [1.29, 1.82) is 0 Å². The van der Waals surface area contributed by atoms with Crippen molar-refractivity contribution in [2.75, 3.05) is 19.6 Å². The van der Waals surface area contributed by atoms with E-state index in [1.54, 1.807) is 6.20 Å². The molecule has 1 aliphatic carbocycles. The molecule has 0 radical (unpaired) electrons. The van der Waals surface area contributed by atoms with Gasteiger partial charge in [-0.15, -0.1) is 0 Å². The fourth-order valence-electron chi connectivity index (χ4n) is 9.12. The highest BCUT2D eigenvalue weighted by molar-refractivity contribution is 5.97. The molecule has 1 saturated heterocycles. The van der Waals surface area contributed by atoms with Gasteiger partial charge in [0.2, 0.25) is 35.4 Å². The highest BCUT2D eigenvalue weighted by Crippen LogP contribution is 2.28. The van der Waals surface area contributed by atoms with E-state index in [9.17, 15) is 38.7 Å². The van der Waals surface area contributed by atoms with Gasteiger partial charge in [-0.1, -0.05) is 80.6 Å². The summed E-state index contributed by atoms with van der Waals surface area (Å²) in [6.07, 6.45) is 9.36. The zero-order valence-corrected chi connectivity index (χ0v) is 38.5. The van der Waals surface area contributed by atoms with Crippen LogP contribution in [0.2, 0.25) is 0 Å². The Morgan fingerprint density at radius 2 is 1.37 bits per heavy atom. The summed E-state index contributed by atoms with van der Waals surface area (Å²) < 4.78 is 0. The average molecular weight is 928 g/mol. The number of nitrogens with zero attached hydrogens (tertiary/aromatic N) is 2. The van der Waals surface area contributed by atoms with Gasteiger partial charge in [0.1, 0.15) is 36.3 Å². The molecule has 0 spiro atoms. The summed E-state index contributed by atoms with van der Waals surface area (Å²) in [5, 5.41) is 24.9. The number of nitrogens with one attached hydrogen (secondary N) is 6. The zero-order chi connectivity index (χ0) is 48.3. The highest BCUT2D eigenvalue weighted by Gasteiger charge is 2.40. The molecule has 67 heavy (non-hydrogen) atoms. The Hall–Kier alpha value is -6.50. The van der Waals surface area contributed by atoms with Gasteiger partial charge in [-0.3, -0.25) is 33.8 Å². The van der Waals surface area contributed by atoms with E-state index in [4.69, 9.17) is 17.2 Å². The molecule has 1 aromatic heterocycles. The number of benzene rings is 2. The van der Waals surface area contributed by atoms with E-state index >= 15 is 0 Å². The number of rotatable bonds is 25. The third-order valence-corrected chi connectivity index (χ3v) is 12.6. The number of aromatic nitrogens is 1. The first-order valence-corrected chi connectivity index (χ1v) is 23.6. The molecule has 2 heterocycles. The van der Waals surface area contributed by atoms with Crippen molar-refractivity contribution in [3.8, 4) is 0 Å². The van der Waals surface area contributed by atoms with Gasteiger partial charge in [0, 0.05) is 50.0 Å². The van der Waals surface area contributed by atoms with E-state index in [1.165, 1.54) is 11.8 Å². The number of amides is 6. The number of para-hydroxylation sites is 1. The summed E-state index contributed by atoms with van der Waals surface area (Å²) in [5.41, 5.74) is 19.0. The third-order valence-electron chi connectivity index (χ3n) is 12.6. The highest BCUT2D eigenvalue weighted by atomic mass is 16.4. The Morgan fingerprint density at radius 3 is 2.06 bits per heavy atom. The van der Waals surface area contributed by atoms with E-state index < -0.39 is 77.7 Å². The number of hydrogen-bond donors (Lipinski definition) is 10. The number of aliphatic imine (C=N–C) groups is 1. The quantitative estimate of drug-likeness (QED) is 0.0331. The van der Waals surface area contributed by atoms with Crippen molar-refractivity contribution in [1.82, 2.24) is 36.5 Å². The van der Waals surface area contributed by atoms with E-state index in [0.717, 1.165) is 48.6 Å². The first-order valence-electron chi connectivity index (χ1n) is 23.6. The Kier molecular flexibility index (Phi) is 20.0. The number of carbonyl (C=O) groups is 7. The average Bonchev–Trinajstić information content (AvgIpc) is 3.97. The molecule has 6 amide bonds. The van der Waals surface area contributed by atoms with Crippen LogP contribution in [0.1, 0.15) is 102 Å². The number of guanidine groups is 1. The van der Waals surface area contributed by atoms with Crippen LogP contribution in [0.15, 0.2) is 65.8 Å². The lowest BCUT2D eigenvalue weighted by Gasteiger charge is -2.32. The number of fused-ring (bicyclic) bond motifs is 1. The number of carboxylic acid groups (broad SMARTS) is 1. The summed E-state index contributed by atoms with van der Waals surface area (Å²) in [6, 6.07) is 10.1. The van der Waals surface area contributed by atoms with Gasteiger partial charge in [-0.2, -0.15) is 0 Å². The predicted molar refractivity (Wildman–Crippen MR) is 254 cm³/mol. The maximum Gasteiger partial charge on any atom is 0.326 e. The summed E-state index contributed by atoms with van der Waals surface area (Å²) in [6.45, 7) is 2.09. The number of nitrogens with two attached hydrogens (primary N) is 3. The van der Waals surface area contributed by atoms with E-state index in [-0.39, 0.29) is 63.5 Å². The van der Waals surface area contributed by atoms with Crippen LogP contribution in [0.25, 0.3) is 10.9 Å². The second-order valence-corrected chi connectivity index (χ2v) is 17.8. The second-order valence-electron chi connectivity index (χ2n) is 17.8. The van der Waals surface area contributed by atoms with Crippen LogP contribution in [-0.2, 0) is 46.4 Å². The van der Waals surface area contributed by atoms with Crippen molar-refractivity contribution in [2.24, 2.45) is 28.1 Å². The van der Waals surface area contributed by atoms with Crippen molar-refractivity contribution in [2.45, 2.75) is 139 Å². The van der Waals surface area contributed by atoms with Crippen LogP contribution < -0.4 is 43.8 Å². The lowest BCUT2D eigenvalue weighted by molar-refractivity contribution is -0.143. The van der Waals surface area contributed by atoms with Crippen molar-refractivity contribution < 1.29 is 38.7 Å². The van der Waals surface area contributed by atoms with Crippen LogP contribution in [-0.4, -0.2) is 118 Å². The van der Waals surface area contributed by atoms with Gasteiger partial charge >= 0.3 is 5.97 Å². The van der Waals surface area contributed by atoms with Crippen LogP contribution in [0.5, 0.6) is 0 Å². The van der Waals surface area contributed by atoms with E-state index in [1.807, 2.05) is 54.6 Å². The zero-order valence-electron chi connectivity index (χ0n) is 38.5. The Bertz CT molecular complexity index is 2170. The van der Waals surface area contributed by atoms with Crippen LogP contribution >= 0.6 is 0 Å². The maximum atomic E-state index is 14.6. The molecule has 2 fully saturated rings. The lowest BCUT2D eigenvalue weighted by Crippen LogP contribution is -2.59. The van der Waals surface area contributed by atoms with Crippen molar-refractivity contribution >= 4 is 58.3 Å². The molecular formula is C48H69N11O8. The Morgan fingerprint density at radius 1 is 0.731 bits per heavy atom. The first kappa shape index (κ1) is 51.5. The van der Waals surface area contributed by atoms with E-state index in [0.29, 0.717) is 37.8 Å². The van der Waals surface area contributed by atoms with Crippen LogP contribution in [0, 0.1) is 5.92 Å². The smallest absolute Gasteiger partial charge is 0.326 e. The molecule has 364 valence electrons. The number of likely N-dealkylation sites (tertiary alicyclic amines) is 1. The van der Waals surface area contributed by atoms with Gasteiger partial charge in [0.05, 0.1) is 0 Å². The Labute approximate surface area is 391 Å². The number of carbonyl (C=O) groups excluding carboxylic acids is 6. The van der Waals surface area contributed by atoms with Crippen molar-refractivity contribution in [3.63, 3.8) is 0 Å². The molecule has 13 N–H and O–H groups in total.